The number of hydrogen-bond acceptors (Lipinski definition) is 5. The van der Waals surface area contributed by atoms with E-state index in [4.69, 9.17) is 5.11 Å². The first-order valence-electron chi connectivity index (χ1n) is 6.57. The normalized spacial score (nSPS) is 15.8. The van der Waals surface area contributed by atoms with Gasteiger partial charge in [-0.05, 0) is 12.1 Å². The predicted molar refractivity (Wildman–Crippen MR) is 72.8 cm³/mol. The number of aromatic carboxylic acids is 1. The van der Waals surface area contributed by atoms with Crippen molar-refractivity contribution in [3.05, 3.63) is 29.6 Å². The fraction of sp³-hybridized carbons (Fsp3) is 0.462. The van der Waals surface area contributed by atoms with Gasteiger partial charge in [0.05, 0.1) is 0 Å². The number of carbonyl (C=O) groups excluding carboxylic acids is 1. The zero-order valence-corrected chi connectivity index (χ0v) is 11.1. The van der Waals surface area contributed by atoms with Gasteiger partial charge in [-0.3, -0.25) is 9.69 Å². The molecule has 7 heteroatoms. The Hall–Kier alpha value is -1.99. The van der Waals surface area contributed by atoms with Crippen LogP contribution in [-0.2, 0) is 0 Å². The lowest BCUT2D eigenvalue weighted by Gasteiger charge is -2.27. The van der Waals surface area contributed by atoms with E-state index in [0.717, 1.165) is 32.7 Å². The molecule has 0 unspecified atom stereocenters. The molecule has 1 aliphatic heterocycles. The topological polar surface area (TPSA) is 94.6 Å². The van der Waals surface area contributed by atoms with Crippen molar-refractivity contribution in [2.75, 3.05) is 39.3 Å². The van der Waals surface area contributed by atoms with Crippen LogP contribution in [0.5, 0.6) is 0 Å². The molecule has 0 saturated carbocycles. The highest BCUT2D eigenvalue weighted by Gasteiger charge is 2.12. The third-order valence-corrected chi connectivity index (χ3v) is 3.16. The van der Waals surface area contributed by atoms with Crippen LogP contribution in [0.2, 0.25) is 0 Å². The van der Waals surface area contributed by atoms with Crippen molar-refractivity contribution in [3.63, 3.8) is 0 Å². The summed E-state index contributed by atoms with van der Waals surface area (Å²) in [5.74, 6) is -1.41. The van der Waals surface area contributed by atoms with E-state index in [0.29, 0.717) is 12.1 Å². The second kappa shape index (κ2) is 6.97. The van der Waals surface area contributed by atoms with Gasteiger partial charge in [0.1, 0.15) is 5.69 Å². The van der Waals surface area contributed by atoms with E-state index >= 15 is 0 Å². The van der Waals surface area contributed by atoms with Gasteiger partial charge in [-0.15, -0.1) is 0 Å². The molecule has 1 fully saturated rings. The molecule has 0 bridgehead atoms. The molecule has 0 radical (unpaired) electrons. The SMILES string of the molecule is O=C(NCCN1CCNCC1)c1ccnc(C(=O)O)c1. The number of rotatable bonds is 5. The van der Waals surface area contributed by atoms with Crippen molar-refractivity contribution in [2.24, 2.45) is 0 Å². The summed E-state index contributed by atoms with van der Waals surface area (Å²) in [6.45, 7) is 5.25. The van der Waals surface area contributed by atoms with E-state index in [1.807, 2.05) is 0 Å². The van der Waals surface area contributed by atoms with Crippen molar-refractivity contribution >= 4 is 11.9 Å². The fourth-order valence-corrected chi connectivity index (χ4v) is 2.05. The molecular formula is C13H18N4O3. The molecule has 1 saturated heterocycles. The Morgan fingerprint density at radius 3 is 2.85 bits per heavy atom. The summed E-state index contributed by atoms with van der Waals surface area (Å²) < 4.78 is 0. The van der Waals surface area contributed by atoms with Gasteiger partial charge in [0.2, 0.25) is 0 Å². The quantitative estimate of drug-likeness (QED) is 0.667. The van der Waals surface area contributed by atoms with Crippen LogP contribution in [-0.4, -0.2) is 66.1 Å². The summed E-state index contributed by atoms with van der Waals surface area (Å²) in [5.41, 5.74) is 0.192. The van der Waals surface area contributed by atoms with Gasteiger partial charge < -0.3 is 15.7 Å². The van der Waals surface area contributed by atoms with Gasteiger partial charge in [-0.2, -0.15) is 0 Å². The van der Waals surface area contributed by atoms with Gasteiger partial charge in [0.25, 0.3) is 5.91 Å². The van der Waals surface area contributed by atoms with Crippen LogP contribution in [0, 0.1) is 0 Å². The van der Waals surface area contributed by atoms with Crippen LogP contribution in [0.1, 0.15) is 20.8 Å². The van der Waals surface area contributed by atoms with Crippen molar-refractivity contribution < 1.29 is 14.7 Å². The molecule has 1 amide bonds. The summed E-state index contributed by atoms with van der Waals surface area (Å²) in [7, 11) is 0. The second-order valence-corrected chi connectivity index (χ2v) is 4.58. The number of nitrogens with zero attached hydrogens (tertiary/aromatic N) is 2. The van der Waals surface area contributed by atoms with E-state index in [-0.39, 0.29) is 11.6 Å². The zero-order chi connectivity index (χ0) is 14.4. The number of piperazine rings is 1. The minimum atomic E-state index is -1.14. The summed E-state index contributed by atoms with van der Waals surface area (Å²) in [6, 6.07) is 2.79. The number of pyridine rings is 1. The second-order valence-electron chi connectivity index (χ2n) is 4.58. The molecule has 2 rings (SSSR count). The number of aromatic nitrogens is 1. The highest BCUT2D eigenvalue weighted by atomic mass is 16.4. The zero-order valence-electron chi connectivity index (χ0n) is 11.1. The maximum atomic E-state index is 11.9. The van der Waals surface area contributed by atoms with Crippen LogP contribution < -0.4 is 10.6 Å². The molecule has 108 valence electrons. The predicted octanol–water partition coefficient (Wildman–Crippen LogP) is -0.585. The first-order chi connectivity index (χ1) is 9.66. The lowest BCUT2D eigenvalue weighted by molar-refractivity contribution is 0.0690. The Labute approximate surface area is 117 Å². The Balaban J connectivity index is 1.82. The maximum Gasteiger partial charge on any atom is 0.354 e. The summed E-state index contributed by atoms with van der Waals surface area (Å²) >= 11 is 0. The van der Waals surface area contributed by atoms with Gasteiger partial charge in [-0.1, -0.05) is 0 Å². The number of amides is 1. The molecule has 1 aromatic heterocycles. The number of hydrogen-bond donors (Lipinski definition) is 3. The van der Waals surface area contributed by atoms with Crippen LogP contribution >= 0.6 is 0 Å². The third kappa shape index (κ3) is 4.01. The van der Waals surface area contributed by atoms with Crippen LogP contribution in [0.4, 0.5) is 0 Å². The van der Waals surface area contributed by atoms with Crippen molar-refractivity contribution in [1.82, 2.24) is 20.5 Å². The molecule has 2 heterocycles. The smallest absolute Gasteiger partial charge is 0.354 e. The van der Waals surface area contributed by atoms with Crippen LogP contribution in [0.25, 0.3) is 0 Å². The molecule has 3 N–H and O–H groups in total. The third-order valence-electron chi connectivity index (χ3n) is 3.16. The monoisotopic (exact) mass is 278 g/mol. The lowest BCUT2D eigenvalue weighted by Crippen LogP contribution is -2.46. The van der Waals surface area contributed by atoms with Crippen molar-refractivity contribution in [3.8, 4) is 0 Å². The molecule has 20 heavy (non-hydrogen) atoms. The molecule has 0 spiro atoms. The molecule has 0 aromatic carbocycles. The van der Waals surface area contributed by atoms with Crippen molar-refractivity contribution in [2.45, 2.75) is 0 Å². The largest absolute Gasteiger partial charge is 0.477 e. The summed E-state index contributed by atoms with van der Waals surface area (Å²) in [5, 5.41) is 14.9. The Kier molecular flexibility index (Phi) is 5.03. The molecule has 0 atom stereocenters. The van der Waals surface area contributed by atoms with E-state index in [1.54, 1.807) is 0 Å². The number of carboxylic acids is 1. The molecular weight excluding hydrogens is 260 g/mol. The standard InChI is InChI=1S/C13H18N4O3/c18-12(10-1-2-15-11(9-10)13(19)20)16-5-8-17-6-3-14-4-7-17/h1-2,9,14H,3-8H2,(H,16,18)(H,19,20). The Bertz CT molecular complexity index is 486. The van der Waals surface area contributed by atoms with E-state index in [9.17, 15) is 9.59 Å². The number of carboxylic acid groups (broad SMARTS) is 1. The Morgan fingerprint density at radius 2 is 2.15 bits per heavy atom. The molecule has 7 nitrogen and oxygen atoms in total. The molecule has 0 aliphatic carbocycles. The average molecular weight is 278 g/mol. The number of carbonyl (C=O) groups is 2. The van der Waals surface area contributed by atoms with Gasteiger partial charge >= 0.3 is 5.97 Å². The first-order valence-corrected chi connectivity index (χ1v) is 6.57. The summed E-state index contributed by atoms with van der Waals surface area (Å²) in [6.07, 6.45) is 1.33. The summed E-state index contributed by atoms with van der Waals surface area (Å²) in [4.78, 5) is 28.6. The molecule has 1 aromatic rings. The fourth-order valence-electron chi connectivity index (χ4n) is 2.05. The average Bonchev–Trinajstić information content (AvgIpc) is 2.48. The van der Waals surface area contributed by atoms with Crippen LogP contribution in [0.15, 0.2) is 18.3 Å². The van der Waals surface area contributed by atoms with Crippen molar-refractivity contribution in [1.29, 1.82) is 0 Å². The minimum Gasteiger partial charge on any atom is -0.477 e. The Morgan fingerprint density at radius 1 is 1.40 bits per heavy atom. The van der Waals surface area contributed by atoms with Gasteiger partial charge in [0.15, 0.2) is 0 Å². The van der Waals surface area contributed by atoms with Crippen LogP contribution in [0.3, 0.4) is 0 Å². The number of nitrogens with one attached hydrogen (secondary N) is 2. The van der Waals surface area contributed by atoms with Gasteiger partial charge in [0, 0.05) is 51.0 Å². The minimum absolute atomic E-state index is 0.125. The highest BCUT2D eigenvalue weighted by Crippen LogP contribution is 2.02. The first kappa shape index (κ1) is 14.4. The van der Waals surface area contributed by atoms with Gasteiger partial charge in [-0.25, -0.2) is 9.78 Å². The highest BCUT2D eigenvalue weighted by molar-refractivity contribution is 5.96. The lowest BCUT2D eigenvalue weighted by atomic mass is 10.2. The maximum absolute atomic E-state index is 11.9. The van der Waals surface area contributed by atoms with E-state index in [1.165, 1.54) is 18.3 Å². The molecule has 1 aliphatic rings. The van der Waals surface area contributed by atoms with E-state index < -0.39 is 5.97 Å². The van der Waals surface area contributed by atoms with E-state index in [2.05, 4.69) is 20.5 Å².